The molecule has 2 unspecified atom stereocenters. The van der Waals surface area contributed by atoms with Gasteiger partial charge in [-0.25, -0.2) is 9.78 Å². The van der Waals surface area contributed by atoms with Crippen LogP contribution in [0.3, 0.4) is 0 Å². The Morgan fingerprint density at radius 2 is 1.94 bits per heavy atom. The Morgan fingerprint density at radius 1 is 1.16 bits per heavy atom. The number of nitrogens with one attached hydrogen (secondary N) is 2. The van der Waals surface area contributed by atoms with Crippen LogP contribution in [0.4, 0.5) is 4.79 Å². The molecule has 4 aromatic rings. The van der Waals surface area contributed by atoms with E-state index in [1.54, 1.807) is 11.6 Å². The summed E-state index contributed by atoms with van der Waals surface area (Å²) in [5, 5.41) is 3.96. The molecule has 0 radical (unpaired) electrons. The average Bonchev–Trinajstić information content (AvgIpc) is 3.28. The number of pyridine rings is 1. The van der Waals surface area contributed by atoms with E-state index in [9.17, 15) is 9.59 Å². The first kappa shape index (κ1) is 20.3. The van der Waals surface area contributed by atoms with E-state index in [0.717, 1.165) is 53.5 Å². The number of hydrogen-bond donors (Lipinski definition) is 2. The van der Waals surface area contributed by atoms with Crippen LogP contribution in [0.15, 0.2) is 59.4 Å². The third-order valence-electron chi connectivity index (χ3n) is 6.36. The number of aromatic nitrogens is 3. The second-order valence-electron chi connectivity index (χ2n) is 8.49. The van der Waals surface area contributed by atoms with Crippen LogP contribution in [-0.4, -0.2) is 26.7 Å². The molecule has 1 amide bonds. The van der Waals surface area contributed by atoms with Crippen molar-refractivity contribution in [3.8, 4) is 0 Å². The molecular formula is C25H26N4O3. The summed E-state index contributed by atoms with van der Waals surface area (Å²) in [7, 11) is 1.78. The van der Waals surface area contributed by atoms with Gasteiger partial charge in [-0.15, -0.1) is 0 Å². The summed E-state index contributed by atoms with van der Waals surface area (Å²) in [5.41, 5.74) is 3.01. The molecule has 2 aromatic heterocycles. The highest BCUT2D eigenvalue weighted by Crippen LogP contribution is 2.33. The SMILES string of the molecule is Cn1c(=O)c2[nH]c(C3CCCC(NC(=O)OCc4ccccc4)C3)nc2c2ccccc21. The highest BCUT2D eigenvalue weighted by Gasteiger charge is 2.27. The molecule has 1 aliphatic carbocycles. The lowest BCUT2D eigenvalue weighted by atomic mass is 9.85. The Hall–Kier alpha value is -3.61. The van der Waals surface area contributed by atoms with Crippen molar-refractivity contribution in [3.05, 3.63) is 76.3 Å². The monoisotopic (exact) mass is 430 g/mol. The molecule has 0 bridgehead atoms. The fourth-order valence-electron chi connectivity index (χ4n) is 4.68. The van der Waals surface area contributed by atoms with Gasteiger partial charge in [-0.3, -0.25) is 4.79 Å². The second kappa shape index (κ2) is 8.49. The Bertz CT molecular complexity index is 1330. The zero-order valence-electron chi connectivity index (χ0n) is 18.0. The zero-order valence-corrected chi connectivity index (χ0v) is 18.0. The molecule has 2 N–H and O–H groups in total. The molecule has 1 fully saturated rings. The number of benzene rings is 2. The van der Waals surface area contributed by atoms with E-state index >= 15 is 0 Å². The van der Waals surface area contributed by atoms with Crippen molar-refractivity contribution in [2.45, 2.75) is 44.2 Å². The number of H-pyrrole nitrogens is 1. The van der Waals surface area contributed by atoms with Gasteiger partial charge in [-0.2, -0.15) is 0 Å². The molecular weight excluding hydrogens is 404 g/mol. The number of fused-ring (bicyclic) bond motifs is 3. The number of aryl methyl sites for hydroxylation is 1. The van der Waals surface area contributed by atoms with Crippen LogP contribution in [0.5, 0.6) is 0 Å². The summed E-state index contributed by atoms with van der Waals surface area (Å²) in [6.07, 6.45) is 3.21. The molecule has 164 valence electrons. The lowest BCUT2D eigenvalue weighted by molar-refractivity contribution is 0.132. The number of ether oxygens (including phenoxy) is 1. The fourth-order valence-corrected chi connectivity index (χ4v) is 4.68. The summed E-state index contributed by atoms with van der Waals surface area (Å²) in [5.74, 6) is 0.969. The van der Waals surface area contributed by atoms with Gasteiger partial charge in [-0.05, 0) is 30.9 Å². The minimum atomic E-state index is -0.399. The molecule has 7 nitrogen and oxygen atoms in total. The summed E-state index contributed by atoms with van der Waals surface area (Å²) < 4.78 is 7.04. The van der Waals surface area contributed by atoms with Crippen LogP contribution in [0.1, 0.15) is 43.0 Å². The smallest absolute Gasteiger partial charge is 0.407 e. The second-order valence-corrected chi connectivity index (χ2v) is 8.49. The fraction of sp³-hybridized carbons (Fsp3) is 0.320. The lowest BCUT2D eigenvalue weighted by Gasteiger charge is -2.28. The number of aromatic amines is 1. The number of carbonyl (C=O) groups excluding carboxylic acids is 1. The molecule has 0 spiro atoms. The van der Waals surface area contributed by atoms with Crippen molar-refractivity contribution in [1.29, 1.82) is 0 Å². The van der Waals surface area contributed by atoms with Gasteiger partial charge in [0.25, 0.3) is 5.56 Å². The van der Waals surface area contributed by atoms with Crippen LogP contribution in [0, 0.1) is 0 Å². The van der Waals surface area contributed by atoms with Crippen molar-refractivity contribution in [1.82, 2.24) is 19.9 Å². The topological polar surface area (TPSA) is 89.0 Å². The van der Waals surface area contributed by atoms with Crippen LogP contribution in [0.2, 0.25) is 0 Å². The van der Waals surface area contributed by atoms with Crippen LogP contribution in [-0.2, 0) is 18.4 Å². The van der Waals surface area contributed by atoms with Gasteiger partial charge in [0.05, 0.1) is 5.52 Å². The Labute approximate surface area is 185 Å². The van der Waals surface area contributed by atoms with Gasteiger partial charge in [0, 0.05) is 24.4 Å². The lowest BCUT2D eigenvalue weighted by Crippen LogP contribution is -2.38. The molecule has 7 heteroatoms. The van der Waals surface area contributed by atoms with E-state index in [4.69, 9.17) is 9.72 Å². The van der Waals surface area contributed by atoms with Crippen molar-refractivity contribution >= 4 is 28.0 Å². The number of alkyl carbamates (subject to hydrolysis) is 1. The standard InChI is InChI=1S/C25H26N4O3/c1-29-20-13-6-5-12-19(20)21-22(24(29)30)28-23(27-21)17-10-7-11-18(14-17)26-25(31)32-15-16-8-3-2-4-9-16/h2-6,8-9,12-13,17-18H,7,10-11,14-15H2,1H3,(H,26,31)(H,27,28). The summed E-state index contributed by atoms with van der Waals surface area (Å²) in [6.45, 7) is 0.253. The normalized spacial score (nSPS) is 18.7. The van der Waals surface area contributed by atoms with Crippen molar-refractivity contribution in [2.75, 3.05) is 0 Å². The van der Waals surface area contributed by atoms with E-state index in [1.165, 1.54) is 0 Å². The van der Waals surface area contributed by atoms with Gasteiger partial charge in [0.15, 0.2) is 0 Å². The molecule has 2 heterocycles. The number of rotatable bonds is 4. The maximum absolute atomic E-state index is 12.9. The zero-order chi connectivity index (χ0) is 22.1. The van der Waals surface area contributed by atoms with Gasteiger partial charge >= 0.3 is 6.09 Å². The van der Waals surface area contributed by atoms with Crippen molar-refractivity contribution < 1.29 is 9.53 Å². The van der Waals surface area contributed by atoms with Crippen LogP contribution < -0.4 is 10.9 Å². The third kappa shape index (κ3) is 3.86. The molecule has 1 saturated carbocycles. The predicted molar refractivity (Wildman–Crippen MR) is 124 cm³/mol. The Morgan fingerprint density at radius 3 is 2.78 bits per heavy atom. The van der Waals surface area contributed by atoms with Crippen molar-refractivity contribution in [2.24, 2.45) is 7.05 Å². The molecule has 32 heavy (non-hydrogen) atoms. The van der Waals surface area contributed by atoms with Gasteiger partial charge in [-0.1, -0.05) is 55.0 Å². The first-order valence-corrected chi connectivity index (χ1v) is 11.0. The van der Waals surface area contributed by atoms with E-state index in [0.29, 0.717) is 5.52 Å². The summed E-state index contributed by atoms with van der Waals surface area (Å²) in [6, 6.07) is 17.5. The Balaban J connectivity index is 1.32. The summed E-state index contributed by atoms with van der Waals surface area (Å²) >= 11 is 0. The quantitative estimate of drug-likeness (QED) is 0.503. The summed E-state index contributed by atoms with van der Waals surface area (Å²) in [4.78, 5) is 33.3. The van der Waals surface area contributed by atoms with E-state index < -0.39 is 6.09 Å². The number of para-hydroxylation sites is 1. The predicted octanol–water partition coefficient (Wildman–Crippen LogP) is 4.37. The molecule has 2 aromatic carbocycles. The van der Waals surface area contributed by atoms with Crippen molar-refractivity contribution in [3.63, 3.8) is 0 Å². The number of nitrogens with zero attached hydrogens (tertiary/aromatic N) is 2. The Kier molecular flexibility index (Phi) is 5.39. The van der Waals surface area contributed by atoms with Crippen LogP contribution in [0.25, 0.3) is 21.9 Å². The van der Waals surface area contributed by atoms with Gasteiger partial charge < -0.3 is 19.6 Å². The molecule has 0 saturated heterocycles. The number of carbonyl (C=O) groups is 1. The molecule has 1 aliphatic rings. The largest absolute Gasteiger partial charge is 0.445 e. The average molecular weight is 431 g/mol. The van der Waals surface area contributed by atoms with Gasteiger partial charge in [0.2, 0.25) is 0 Å². The third-order valence-corrected chi connectivity index (χ3v) is 6.36. The van der Waals surface area contributed by atoms with Crippen LogP contribution >= 0.6 is 0 Å². The first-order chi connectivity index (χ1) is 15.6. The van der Waals surface area contributed by atoms with Gasteiger partial charge in [0.1, 0.15) is 23.5 Å². The molecule has 5 rings (SSSR count). The van der Waals surface area contributed by atoms with E-state index in [2.05, 4.69) is 10.3 Å². The first-order valence-electron chi connectivity index (χ1n) is 11.0. The maximum atomic E-state index is 12.9. The number of hydrogen-bond acceptors (Lipinski definition) is 4. The highest BCUT2D eigenvalue weighted by molar-refractivity contribution is 6.02. The minimum Gasteiger partial charge on any atom is -0.445 e. The van der Waals surface area contributed by atoms with E-state index in [1.807, 2.05) is 54.6 Å². The maximum Gasteiger partial charge on any atom is 0.407 e. The minimum absolute atomic E-state index is 0.0183. The molecule has 0 aliphatic heterocycles. The van der Waals surface area contributed by atoms with E-state index in [-0.39, 0.29) is 24.1 Å². The number of amides is 1. The molecule has 2 atom stereocenters. The highest BCUT2D eigenvalue weighted by atomic mass is 16.5. The number of imidazole rings is 1.